The van der Waals surface area contributed by atoms with Crippen molar-refractivity contribution in [3.63, 3.8) is 0 Å². The maximum Gasteiger partial charge on any atom is 0.129 e. The molecular weight excluding hydrogens is 172 g/mol. The van der Waals surface area contributed by atoms with Crippen LogP contribution in [0.15, 0.2) is 18.2 Å². The average Bonchev–Trinajstić information content (AvgIpc) is 2.11. The molecule has 0 amide bonds. The molecule has 0 radical (unpaired) electrons. The molecule has 0 unspecified atom stereocenters. The van der Waals surface area contributed by atoms with Gasteiger partial charge in [0.15, 0.2) is 0 Å². The van der Waals surface area contributed by atoms with Crippen molar-refractivity contribution < 1.29 is 4.74 Å². The number of ether oxygens (including phenoxy) is 1. The second-order valence-corrected chi connectivity index (χ2v) is 3.43. The van der Waals surface area contributed by atoms with Gasteiger partial charge in [-0.05, 0) is 39.3 Å². The molecule has 1 rings (SSSR count). The SMILES string of the molecule is C/C=C\c1cc(C)cc(C)c1OCC. The molecule has 1 aromatic rings. The molecule has 1 heteroatoms. The molecule has 76 valence electrons. The van der Waals surface area contributed by atoms with Crippen molar-refractivity contribution >= 4 is 6.08 Å². The number of aryl methyl sites for hydroxylation is 2. The van der Waals surface area contributed by atoms with Crippen LogP contribution in [-0.4, -0.2) is 6.61 Å². The lowest BCUT2D eigenvalue weighted by Gasteiger charge is -2.11. The zero-order valence-corrected chi connectivity index (χ0v) is 9.42. The quantitative estimate of drug-likeness (QED) is 0.705. The summed E-state index contributed by atoms with van der Waals surface area (Å²) >= 11 is 0. The predicted molar refractivity (Wildman–Crippen MR) is 61.8 cm³/mol. The molecule has 0 N–H and O–H groups in total. The van der Waals surface area contributed by atoms with E-state index in [1.54, 1.807) is 0 Å². The van der Waals surface area contributed by atoms with Gasteiger partial charge in [-0.25, -0.2) is 0 Å². The molecule has 0 aliphatic rings. The van der Waals surface area contributed by atoms with E-state index in [1.165, 1.54) is 16.7 Å². The fourth-order valence-electron chi connectivity index (χ4n) is 1.63. The van der Waals surface area contributed by atoms with Gasteiger partial charge in [-0.2, -0.15) is 0 Å². The van der Waals surface area contributed by atoms with Crippen LogP contribution < -0.4 is 4.74 Å². The summed E-state index contributed by atoms with van der Waals surface area (Å²) in [7, 11) is 0. The second-order valence-electron chi connectivity index (χ2n) is 3.43. The number of rotatable bonds is 3. The van der Waals surface area contributed by atoms with Gasteiger partial charge in [0.2, 0.25) is 0 Å². The smallest absolute Gasteiger partial charge is 0.129 e. The van der Waals surface area contributed by atoms with Crippen molar-refractivity contribution in [3.05, 3.63) is 34.9 Å². The fourth-order valence-corrected chi connectivity index (χ4v) is 1.63. The van der Waals surface area contributed by atoms with Gasteiger partial charge in [0, 0.05) is 5.56 Å². The van der Waals surface area contributed by atoms with Crippen LogP contribution in [0, 0.1) is 13.8 Å². The van der Waals surface area contributed by atoms with Crippen LogP contribution in [0.2, 0.25) is 0 Å². The van der Waals surface area contributed by atoms with E-state index in [1.807, 2.05) is 19.9 Å². The van der Waals surface area contributed by atoms with Crippen molar-refractivity contribution in [1.29, 1.82) is 0 Å². The summed E-state index contributed by atoms with van der Waals surface area (Å²) < 4.78 is 5.62. The summed E-state index contributed by atoms with van der Waals surface area (Å²) in [6, 6.07) is 4.30. The Balaban J connectivity index is 3.21. The van der Waals surface area contributed by atoms with Crippen molar-refractivity contribution in [2.45, 2.75) is 27.7 Å². The maximum atomic E-state index is 5.62. The van der Waals surface area contributed by atoms with Gasteiger partial charge in [0.05, 0.1) is 6.61 Å². The van der Waals surface area contributed by atoms with E-state index in [9.17, 15) is 0 Å². The number of allylic oxidation sites excluding steroid dienone is 1. The second kappa shape index (κ2) is 4.85. The maximum absolute atomic E-state index is 5.62. The van der Waals surface area contributed by atoms with E-state index in [2.05, 4.69) is 32.1 Å². The monoisotopic (exact) mass is 190 g/mol. The van der Waals surface area contributed by atoms with Crippen molar-refractivity contribution in [2.24, 2.45) is 0 Å². The zero-order chi connectivity index (χ0) is 10.6. The Morgan fingerprint density at radius 2 is 2.00 bits per heavy atom. The molecule has 1 aromatic carbocycles. The number of benzene rings is 1. The predicted octanol–water partition coefficient (Wildman–Crippen LogP) is 3.74. The molecule has 0 saturated heterocycles. The lowest BCUT2D eigenvalue weighted by Crippen LogP contribution is -1.97. The summed E-state index contributed by atoms with van der Waals surface area (Å²) in [5.41, 5.74) is 3.66. The minimum absolute atomic E-state index is 0.717. The van der Waals surface area contributed by atoms with Gasteiger partial charge >= 0.3 is 0 Å². The zero-order valence-electron chi connectivity index (χ0n) is 9.42. The number of hydrogen-bond acceptors (Lipinski definition) is 1. The molecule has 0 aromatic heterocycles. The van der Waals surface area contributed by atoms with E-state index >= 15 is 0 Å². The van der Waals surface area contributed by atoms with Crippen LogP contribution in [0.1, 0.15) is 30.5 Å². The highest BCUT2D eigenvalue weighted by molar-refractivity contribution is 5.60. The molecule has 0 bridgehead atoms. The molecule has 0 atom stereocenters. The third-order valence-electron chi connectivity index (χ3n) is 2.08. The molecule has 14 heavy (non-hydrogen) atoms. The van der Waals surface area contributed by atoms with Crippen LogP contribution >= 0.6 is 0 Å². The molecule has 0 heterocycles. The molecule has 1 nitrogen and oxygen atoms in total. The standard InChI is InChI=1S/C13H18O/c1-5-7-12-9-10(3)8-11(4)13(12)14-6-2/h5,7-9H,6H2,1-4H3/b7-5-. The summed E-state index contributed by atoms with van der Waals surface area (Å²) in [5.74, 6) is 1.01. The third kappa shape index (κ3) is 2.38. The van der Waals surface area contributed by atoms with Gasteiger partial charge in [0.25, 0.3) is 0 Å². The van der Waals surface area contributed by atoms with Crippen LogP contribution in [0.5, 0.6) is 5.75 Å². The van der Waals surface area contributed by atoms with E-state index in [0.29, 0.717) is 6.61 Å². The molecule has 0 spiro atoms. The summed E-state index contributed by atoms with van der Waals surface area (Å²) in [5, 5.41) is 0. The van der Waals surface area contributed by atoms with Crippen LogP contribution in [0.4, 0.5) is 0 Å². The molecule has 0 aliphatic carbocycles. The first-order valence-electron chi connectivity index (χ1n) is 5.05. The highest BCUT2D eigenvalue weighted by Gasteiger charge is 2.04. The van der Waals surface area contributed by atoms with E-state index < -0.39 is 0 Å². The molecule has 0 saturated carbocycles. The van der Waals surface area contributed by atoms with E-state index in [4.69, 9.17) is 4.74 Å². The van der Waals surface area contributed by atoms with Gasteiger partial charge in [0.1, 0.15) is 5.75 Å². The normalized spacial score (nSPS) is 10.9. The minimum atomic E-state index is 0.717. The van der Waals surface area contributed by atoms with Gasteiger partial charge in [-0.3, -0.25) is 0 Å². The van der Waals surface area contributed by atoms with Crippen LogP contribution in [0.3, 0.4) is 0 Å². The van der Waals surface area contributed by atoms with Crippen molar-refractivity contribution in [2.75, 3.05) is 6.61 Å². The highest BCUT2D eigenvalue weighted by Crippen LogP contribution is 2.26. The summed E-state index contributed by atoms with van der Waals surface area (Å²) in [6.45, 7) is 8.95. The third-order valence-corrected chi connectivity index (χ3v) is 2.08. The summed E-state index contributed by atoms with van der Waals surface area (Å²) in [4.78, 5) is 0. The molecule has 0 aliphatic heterocycles. The van der Waals surface area contributed by atoms with E-state index in [0.717, 1.165) is 5.75 Å². The first-order valence-corrected chi connectivity index (χ1v) is 5.05. The van der Waals surface area contributed by atoms with Gasteiger partial charge < -0.3 is 4.74 Å². The van der Waals surface area contributed by atoms with Crippen LogP contribution in [0.25, 0.3) is 6.08 Å². The van der Waals surface area contributed by atoms with Crippen LogP contribution in [-0.2, 0) is 0 Å². The van der Waals surface area contributed by atoms with Crippen molar-refractivity contribution in [1.82, 2.24) is 0 Å². The summed E-state index contributed by atoms with van der Waals surface area (Å²) in [6.07, 6.45) is 4.13. The van der Waals surface area contributed by atoms with Crippen molar-refractivity contribution in [3.8, 4) is 5.75 Å². The molecule has 0 fully saturated rings. The average molecular weight is 190 g/mol. The number of hydrogen-bond donors (Lipinski definition) is 0. The first kappa shape index (κ1) is 10.8. The van der Waals surface area contributed by atoms with E-state index in [-0.39, 0.29) is 0 Å². The Kier molecular flexibility index (Phi) is 3.75. The van der Waals surface area contributed by atoms with Gasteiger partial charge in [-0.15, -0.1) is 0 Å². The molecular formula is C13H18O. The van der Waals surface area contributed by atoms with Gasteiger partial charge in [-0.1, -0.05) is 23.8 Å². The first-order chi connectivity index (χ1) is 6.69. The Morgan fingerprint density at radius 1 is 1.29 bits per heavy atom. The Bertz CT molecular complexity index is 337. The fraction of sp³-hybridized carbons (Fsp3) is 0.385. The Labute approximate surface area is 86.4 Å². The largest absolute Gasteiger partial charge is 0.493 e. The topological polar surface area (TPSA) is 9.23 Å². The minimum Gasteiger partial charge on any atom is -0.493 e. The Hall–Kier alpha value is -1.24. The lowest BCUT2D eigenvalue weighted by molar-refractivity contribution is 0.337. The Morgan fingerprint density at radius 3 is 2.57 bits per heavy atom. The lowest BCUT2D eigenvalue weighted by atomic mass is 10.1. The highest BCUT2D eigenvalue weighted by atomic mass is 16.5.